The van der Waals surface area contributed by atoms with Gasteiger partial charge in [-0.25, -0.2) is 14.4 Å². The number of nitriles is 1. The smallest absolute Gasteiger partial charge is 0.199 e. The number of nitrogen functional groups attached to an aromatic ring is 1. The molecule has 7 nitrogen and oxygen atoms in total. The molecule has 148 valence electrons. The minimum absolute atomic E-state index is 0.0485. The van der Waals surface area contributed by atoms with Gasteiger partial charge >= 0.3 is 0 Å². The zero-order chi connectivity index (χ0) is 21.3. The van der Waals surface area contributed by atoms with Crippen molar-refractivity contribution >= 4 is 28.4 Å². The third kappa shape index (κ3) is 3.12. The van der Waals surface area contributed by atoms with Crippen molar-refractivity contribution in [1.29, 1.82) is 5.26 Å². The zero-order valence-corrected chi connectivity index (χ0v) is 16.1. The second-order valence-electron chi connectivity index (χ2n) is 6.55. The SMILES string of the molecule is CCN(c1ncnc(N)c1C#N)c1[nH]c2ccc(F)cc2c(=O)c1-c1ccccc1. The van der Waals surface area contributed by atoms with E-state index in [0.29, 0.717) is 29.0 Å². The summed E-state index contributed by atoms with van der Waals surface area (Å²) in [5, 5.41) is 9.82. The molecule has 0 saturated carbocycles. The lowest BCUT2D eigenvalue weighted by Gasteiger charge is -2.25. The number of hydrogen-bond donors (Lipinski definition) is 2. The van der Waals surface area contributed by atoms with Crippen LogP contribution in [0.1, 0.15) is 12.5 Å². The molecule has 0 aliphatic rings. The third-order valence-electron chi connectivity index (χ3n) is 4.82. The number of pyridine rings is 1. The van der Waals surface area contributed by atoms with Gasteiger partial charge in [0.2, 0.25) is 0 Å². The van der Waals surface area contributed by atoms with Crippen molar-refractivity contribution in [2.75, 3.05) is 17.2 Å². The third-order valence-corrected chi connectivity index (χ3v) is 4.82. The van der Waals surface area contributed by atoms with Crippen LogP contribution in [0.15, 0.2) is 59.7 Å². The maximum atomic E-state index is 13.9. The summed E-state index contributed by atoms with van der Waals surface area (Å²) in [4.78, 5) is 26.5. The maximum absolute atomic E-state index is 13.9. The van der Waals surface area contributed by atoms with Crippen LogP contribution in [0.5, 0.6) is 0 Å². The molecule has 0 bridgehead atoms. The highest BCUT2D eigenvalue weighted by molar-refractivity contribution is 5.91. The standard InChI is InChI=1S/C22H17FN6O/c1-2-29(21-16(11-24)20(25)26-12-27-21)22-18(13-6-4-3-5-7-13)19(30)15-10-14(23)8-9-17(15)28-22/h3-10,12H,2H2,1H3,(H,28,30)(H2,25,26,27). The summed E-state index contributed by atoms with van der Waals surface area (Å²) < 4.78 is 13.9. The van der Waals surface area contributed by atoms with E-state index in [-0.39, 0.29) is 28.0 Å². The van der Waals surface area contributed by atoms with Crippen molar-refractivity contribution in [3.05, 3.63) is 76.5 Å². The molecule has 2 aromatic heterocycles. The average molecular weight is 400 g/mol. The topological polar surface area (TPSA) is 112 Å². The molecule has 0 spiro atoms. The quantitative estimate of drug-likeness (QED) is 0.540. The molecule has 2 heterocycles. The number of anilines is 3. The Hall–Kier alpha value is -4.25. The number of nitrogens with two attached hydrogens (primary N) is 1. The minimum Gasteiger partial charge on any atom is -0.382 e. The highest BCUT2D eigenvalue weighted by atomic mass is 19.1. The second kappa shape index (κ2) is 7.64. The Kier molecular flexibility index (Phi) is 4.86. The molecule has 0 fully saturated rings. The van der Waals surface area contributed by atoms with Crippen molar-refractivity contribution in [3.63, 3.8) is 0 Å². The number of halogens is 1. The fourth-order valence-corrected chi connectivity index (χ4v) is 3.44. The lowest BCUT2D eigenvalue weighted by Crippen LogP contribution is -2.24. The molecule has 4 rings (SSSR count). The predicted molar refractivity (Wildman–Crippen MR) is 114 cm³/mol. The molecule has 0 aliphatic carbocycles. The van der Waals surface area contributed by atoms with E-state index in [1.54, 1.807) is 17.0 Å². The lowest BCUT2D eigenvalue weighted by atomic mass is 10.0. The largest absolute Gasteiger partial charge is 0.382 e. The number of rotatable bonds is 4. The summed E-state index contributed by atoms with van der Waals surface area (Å²) in [5.41, 5.74) is 7.12. The van der Waals surface area contributed by atoms with Crippen molar-refractivity contribution in [3.8, 4) is 17.2 Å². The van der Waals surface area contributed by atoms with Crippen LogP contribution in [0.25, 0.3) is 22.0 Å². The molecule has 0 saturated heterocycles. The molecule has 4 aromatic rings. The van der Waals surface area contributed by atoms with Crippen LogP contribution in [-0.2, 0) is 0 Å². The number of fused-ring (bicyclic) bond motifs is 1. The summed E-state index contributed by atoms with van der Waals surface area (Å²) in [6.07, 6.45) is 1.27. The van der Waals surface area contributed by atoms with Crippen LogP contribution in [0.3, 0.4) is 0 Å². The molecule has 8 heteroatoms. The predicted octanol–water partition coefficient (Wildman–Crippen LogP) is 3.74. The van der Waals surface area contributed by atoms with E-state index in [9.17, 15) is 14.4 Å². The summed E-state index contributed by atoms with van der Waals surface area (Å²) in [5.74, 6) is 0.263. The number of aromatic nitrogens is 3. The summed E-state index contributed by atoms with van der Waals surface area (Å²) in [6.45, 7) is 2.25. The normalized spacial score (nSPS) is 10.7. The fraction of sp³-hybridized carbons (Fsp3) is 0.0909. The van der Waals surface area contributed by atoms with Crippen molar-refractivity contribution < 1.29 is 4.39 Å². The first-order valence-corrected chi connectivity index (χ1v) is 9.24. The minimum atomic E-state index is -0.498. The first kappa shape index (κ1) is 19.1. The monoisotopic (exact) mass is 400 g/mol. The molecule has 3 N–H and O–H groups in total. The van der Waals surface area contributed by atoms with E-state index in [0.717, 1.165) is 0 Å². The number of H-pyrrole nitrogens is 1. The summed E-state index contributed by atoms with van der Waals surface area (Å²) >= 11 is 0. The van der Waals surface area contributed by atoms with Gasteiger partial charge in [-0.1, -0.05) is 30.3 Å². The first-order chi connectivity index (χ1) is 14.5. The summed E-state index contributed by atoms with van der Waals surface area (Å²) in [6, 6.07) is 15.1. The molecule has 0 atom stereocenters. The van der Waals surface area contributed by atoms with Crippen LogP contribution < -0.4 is 16.1 Å². The van der Waals surface area contributed by atoms with Gasteiger partial charge in [-0.15, -0.1) is 0 Å². The summed E-state index contributed by atoms with van der Waals surface area (Å²) in [7, 11) is 0. The average Bonchev–Trinajstić information content (AvgIpc) is 2.76. The zero-order valence-electron chi connectivity index (χ0n) is 16.1. The lowest BCUT2D eigenvalue weighted by molar-refractivity contribution is 0.629. The molecule has 0 unspecified atom stereocenters. The second-order valence-corrected chi connectivity index (χ2v) is 6.55. The molecule has 2 aromatic carbocycles. The number of nitrogens with one attached hydrogen (secondary N) is 1. The van der Waals surface area contributed by atoms with Crippen LogP contribution in [-0.4, -0.2) is 21.5 Å². The Morgan fingerprint density at radius 1 is 1.20 bits per heavy atom. The molecular weight excluding hydrogens is 383 g/mol. The van der Waals surface area contributed by atoms with Crippen molar-refractivity contribution in [2.45, 2.75) is 6.92 Å². The van der Waals surface area contributed by atoms with Gasteiger partial charge < -0.3 is 15.6 Å². The Balaban J connectivity index is 2.09. The van der Waals surface area contributed by atoms with Gasteiger partial charge in [-0.3, -0.25) is 4.79 Å². The van der Waals surface area contributed by atoms with Gasteiger partial charge in [0.25, 0.3) is 0 Å². The molecule has 30 heavy (non-hydrogen) atoms. The van der Waals surface area contributed by atoms with Crippen LogP contribution in [0.4, 0.5) is 21.8 Å². The molecular formula is C22H17FN6O. The Morgan fingerprint density at radius 3 is 2.67 bits per heavy atom. The molecule has 0 amide bonds. The molecule has 0 radical (unpaired) electrons. The van der Waals surface area contributed by atoms with E-state index in [4.69, 9.17) is 5.73 Å². The van der Waals surface area contributed by atoms with E-state index in [2.05, 4.69) is 15.0 Å². The Bertz CT molecular complexity index is 1340. The van der Waals surface area contributed by atoms with E-state index < -0.39 is 5.82 Å². The van der Waals surface area contributed by atoms with Gasteiger partial charge in [0.15, 0.2) is 11.2 Å². The molecule has 0 aliphatic heterocycles. The van der Waals surface area contributed by atoms with E-state index >= 15 is 0 Å². The highest BCUT2D eigenvalue weighted by Gasteiger charge is 2.23. The van der Waals surface area contributed by atoms with Gasteiger partial charge in [-0.2, -0.15) is 5.26 Å². The van der Waals surface area contributed by atoms with Crippen molar-refractivity contribution in [2.24, 2.45) is 0 Å². The Labute approximate surface area is 171 Å². The van der Waals surface area contributed by atoms with Crippen LogP contribution >= 0.6 is 0 Å². The Morgan fingerprint density at radius 2 is 1.97 bits per heavy atom. The first-order valence-electron chi connectivity index (χ1n) is 9.24. The van der Waals surface area contributed by atoms with Crippen LogP contribution in [0, 0.1) is 17.1 Å². The van der Waals surface area contributed by atoms with Gasteiger partial charge in [0.1, 0.15) is 35.4 Å². The van der Waals surface area contributed by atoms with Crippen LogP contribution in [0.2, 0.25) is 0 Å². The van der Waals surface area contributed by atoms with E-state index in [1.807, 2.05) is 31.2 Å². The number of nitrogens with zero attached hydrogens (tertiary/aromatic N) is 4. The van der Waals surface area contributed by atoms with Gasteiger partial charge in [-0.05, 0) is 30.7 Å². The van der Waals surface area contributed by atoms with Crippen molar-refractivity contribution in [1.82, 2.24) is 15.0 Å². The van der Waals surface area contributed by atoms with Gasteiger partial charge in [0.05, 0.1) is 11.1 Å². The number of hydrogen-bond acceptors (Lipinski definition) is 6. The highest BCUT2D eigenvalue weighted by Crippen LogP contribution is 2.34. The number of aromatic amines is 1. The van der Waals surface area contributed by atoms with E-state index in [1.165, 1.54) is 24.5 Å². The fourth-order valence-electron chi connectivity index (χ4n) is 3.44. The maximum Gasteiger partial charge on any atom is 0.199 e. The number of benzene rings is 2. The van der Waals surface area contributed by atoms with Gasteiger partial charge in [0, 0.05) is 11.9 Å².